The Labute approximate surface area is 120 Å². The van der Waals surface area contributed by atoms with E-state index in [0.29, 0.717) is 0 Å². The van der Waals surface area contributed by atoms with Crippen molar-refractivity contribution < 1.29 is 27.9 Å². The summed E-state index contributed by atoms with van der Waals surface area (Å²) in [5, 5.41) is 0. The average Bonchev–Trinajstić information content (AvgIpc) is 2.99. The van der Waals surface area contributed by atoms with Gasteiger partial charge in [-0.1, -0.05) is 12.8 Å². The molecule has 0 unspecified atom stereocenters. The number of ether oxygens (including phenoxy) is 1. The van der Waals surface area contributed by atoms with Crippen LogP contribution in [0.15, 0.2) is 24.3 Å². The Morgan fingerprint density at radius 1 is 1.14 bits per heavy atom. The molecule has 1 aliphatic rings. The zero-order valence-electron chi connectivity index (χ0n) is 11.2. The summed E-state index contributed by atoms with van der Waals surface area (Å²) in [4.78, 5) is 28.1. The Morgan fingerprint density at radius 2 is 1.76 bits per heavy atom. The number of nitrogens with one attached hydrogen (secondary N) is 1. The predicted octanol–water partition coefficient (Wildman–Crippen LogP) is 2.67. The molecule has 0 spiro atoms. The lowest BCUT2D eigenvalue weighted by Gasteiger charge is -2.10. The molecule has 0 radical (unpaired) electrons. The van der Waals surface area contributed by atoms with Crippen LogP contribution in [0.3, 0.4) is 0 Å². The first kappa shape index (κ1) is 15.2. The first-order valence-corrected chi connectivity index (χ1v) is 6.62. The molecule has 0 aromatic heterocycles. The average molecular weight is 299 g/mol. The van der Waals surface area contributed by atoms with Crippen LogP contribution >= 0.6 is 0 Å². The minimum atomic E-state index is -2.92. The first-order valence-electron chi connectivity index (χ1n) is 6.62. The number of amides is 1. The van der Waals surface area contributed by atoms with Crippen LogP contribution < -0.4 is 10.2 Å². The second-order valence-electron chi connectivity index (χ2n) is 4.74. The minimum absolute atomic E-state index is 0.0514. The highest BCUT2D eigenvalue weighted by atomic mass is 19.3. The van der Waals surface area contributed by atoms with E-state index in [4.69, 9.17) is 4.84 Å². The Morgan fingerprint density at radius 3 is 2.33 bits per heavy atom. The summed E-state index contributed by atoms with van der Waals surface area (Å²) >= 11 is 0. The Kier molecular flexibility index (Phi) is 5.08. The van der Waals surface area contributed by atoms with Crippen LogP contribution in [-0.4, -0.2) is 18.5 Å². The number of hydroxylamine groups is 1. The maximum atomic E-state index is 12.0. The zero-order chi connectivity index (χ0) is 15.2. The summed E-state index contributed by atoms with van der Waals surface area (Å²) in [6, 6.07) is 5.08. The minimum Gasteiger partial charge on any atom is -0.435 e. The highest BCUT2D eigenvalue weighted by Crippen LogP contribution is 2.25. The number of hydrogen-bond acceptors (Lipinski definition) is 4. The second-order valence-corrected chi connectivity index (χ2v) is 4.74. The van der Waals surface area contributed by atoms with Crippen molar-refractivity contribution in [2.45, 2.75) is 32.3 Å². The summed E-state index contributed by atoms with van der Waals surface area (Å²) < 4.78 is 28.1. The van der Waals surface area contributed by atoms with Gasteiger partial charge < -0.3 is 9.57 Å². The molecule has 21 heavy (non-hydrogen) atoms. The smallest absolute Gasteiger partial charge is 0.387 e. The third-order valence-electron chi connectivity index (χ3n) is 3.27. The summed E-state index contributed by atoms with van der Waals surface area (Å²) in [6.07, 6.45) is 3.52. The van der Waals surface area contributed by atoms with Crippen LogP contribution in [0.25, 0.3) is 0 Å². The Hall–Kier alpha value is -2.18. The van der Waals surface area contributed by atoms with Crippen LogP contribution in [0.4, 0.5) is 8.78 Å². The van der Waals surface area contributed by atoms with Gasteiger partial charge in [0.2, 0.25) is 0 Å². The van der Waals surface area contributed by atoms with Crippen LogP contribution in [0.2, 0.25) is 0 Å². The molecule has 0 heterocycles. The van der Waals surface area contributed by atoms with Crippen molar-refractivity contribution in [1.29, 1.82) is 0 Å². The van der Waals surface area contributed by atoms with Crippen molar-refractivity contribution in [2.75, 3.05) is 0 Å². The number of halogens is 2. The SMILES string of the molecule is O=C(NOC(=O)C1CCCC1)c1ccc(OC(F)F)cc1. The van der Waals surface area contributed by atoms with E-state index in [9.17, 15) is 18.4 Å². The molecule has 1 aromatic carbocycles. The molecule has 1 aliphatic carbocycles. The maximum absolute atomic E-state index is 12.0. The fourth-order valence-corrected chi connectivity index (χ4v) is 2.19. The fraction of sp³-hybridized carbons (Fsp3) is 0.429. The van der Waals surface area contributed by atoms with Gasteiger partial charge in [0.25, 0.3) is 5.91 Å². The van der Waals surface area contributed by atoms with Crippen LogP contribution in [0, 0.1) is 5.92 Å². The molecule has 2 rings (SSSR count). The lowest BCUT2D eigenvalue weighted by atomic mass is 10.1. The summed E-state index contributed by atoms with van der Waals surface area (Å²) in [5.74, 6) is -1.28. The van der Waals surface area contributed by atoms with E-state index in [1.807, 2.05) is 0 Å². The van der Waals surface area contributed by atoms with Gasteiger partial charge in [0.15, 0.2) is 0 Å². The van der Waals surface area contributed by atoms with Gasteiger partial charge in [-0.05, 0) is 37.1 Å². The van der Waals surface area contributed by atoms with Crippen molar-refractivity contribution in [1.82, 2.24) is 5.48 Å². The topological polar surface area (TPSA) is 64.6 Å². The van der Waals surface area contributed by atoms with Crippen molar-refractivity contribution in [3.8, 4) is 5.75 Å². The number of carbonyl (C=O) groups excluding carboxylic acids is 2. The third kappa shape index (κ3) is 4.40. The van der Waals surface area contributed by atoms with Crippen molar-refractivity contribution in [3.05, 3.63) is 29.8 Å². The molecule has 5 nitrogen and oxygen atoms in total. The normalized spacial score (nSPS) is 15.0. The molecular weight excluding hydrogens is 284 g/mol. The molecule has 0 atom stereocenters. The summed E-state index contributed by atoms with van der Waals surface area (Å²) in [5.41, 5.74) is 2.24. The van der Waals surface area contributed by atoms with E-state index in [2.05, 4.69) is 10.2 Å². The van der Waals surface area contributed by atoms with Crippen LogP contribution in [0.5, 0.6) is 5.75 Å². The molecular formula is C14H15F2NO4. The van der Waals surface area contributed by atoms with E-state index < -0.39 is 18.5 Å². The Balaban J connectivity index is 1.83. The number of carbonyl (C=O) groups is 2. The van der Waals surface area contributed by atoms with Crippen LogP contribution in [-0.2, 0) is 9.63 Å². The highest BCUT2D eigenvalue weighted by Gasteiger charge is 2.25. The highest BCUT2D eigenvalue weighted by molar-refractivity contribution is 5.94. The standard InChI is InChI=1S/C14H15F2NO4/c15-14(16)20-11-7-5-9(6-8-11)12(18)17-21-13(19)10-3-1-2-4-10/h5-8,10,14H,1-4H2,(H,17,18). The molecule has 7 heteroatoms. The van der Waals surface area contributed by atoms with E-state index in [1.54, 1.807) is 0 Å². The second kappa shape index (κ2) is 7.01. The Bertz CT molecular complexity index is 498. The molecule has 0 aliphatic heterocycles. The maximum Gasteiger partial charge on any atom is 0.387 e. The third-order valence-corrected chi connectivity index (χ3v) is 3.27. The van der Waals surface area contributed by atoms with Gasteiger partial charge in [0.1, 0.15) is 5.75 Å². The van der Waals surface area contributed by atoms with E-state index in [-0.39, 0.29) is 17.2 Å². The van der Waals surface area contributed by atoms with E-state index in [0.717, 1.165) is 25.7 Å². The molecule has 1 saturated carbocycles. The molecule has 0 saturated heterocycles. The monoisotopic (exact) mass is 299 g/mol. The number of alkyl halides is 2. The van der Waals surface area contributed by atoms with Gasteiger partial charge in [0.05, 0.1) is 5.92 Å². The van der Waals surface area contributed by atoms with E-state index >= 15 is 0 Å². The number of rotatable bonds is 4. The van der Waals surface area contributed by atoms with E-state index in [1.165, 1.54) is 24.3 Å². The first-order chi connectivity index (χ1) is 10.1. The predicted molar refractivity (Wildman–Crippen MR) is 68.6 cm³/mol. The van der Waals surface area contributed by atoms with Gasteiger partial charge in [-0.25, -0.2) is 4.79 Å². The van der Waals surface area contributed by atoms with Gasteiger partial charge >= 0.3 is 12.6 Å². The molecule has 1 amide bonds. The van der Waals surface area contributed by atoms with Gasteiger partial charge in [0, 0.05) is 5.56 Å². The summed E-state index contributed by atoms with van der Waals surface area (Å²) in [7, 11) is 0. The van der Waals surface area contributed by atoms with Gasteiger partial charge in [-0.3, -0.25) is 4.79 Å². The quantitative estimate of drug-likeness (QED) is 0.868. The summed E-state index contributed by atoms with van der Waals surface area (Å²) in [6.45, 7) is -2.92. The molecule has 1 fully saturated rings. The fourth-order valence-electron chi connectivity index (χ4n) is 2.19. The zero-order valence-corrected chi connectivity index (χ0v) is 11.2. The number of benzene rings is 1. The molecule has 1 N–H and O–H groups in total. The van der Waals surface area contributed by atoms with Crippen molar-refractivity contribution in [3.63, 3.8) is 0 Å². The molecule has 114 valence electrons. The largest absolute Gasteiger partial charge is 0.435 e. The number of hydrogen-bond donors (Lipinski definition) is 1. The van der Waals surface area contributed by atoms with Crippen molar-refractivity contribution >= 4 is 11.9 Å². The van der Waals surface area contributed by atoms with Gasteiger partial charge in [-0.15, -0.1) is 0 Å². The van der Waals surface area contributed by atoms with Crippen LogP contribution in [0.1, 0.15) is 36.0 Å². The van der Waals surface area contributed by atoms with Gasteiger partial charge in [-0.2, -0.15) is 14.3 Å². The van der Waals surface area contributed by atoms with Crippen molar-refractivity contribution in [2.24, 2.45) is 5.92 Å². The lowest BCUT2D eigenvalue weighted by molar-refractivity contribution is -0.153. The lowest BCUT2D eigenvalue weighted by Crippen LogP contribution is -2.29. The molecule has 0 bridgehead atoms. The molecule has 1 aromatic rings.